The summed E-state index contributed by atoms with van der Waals surface area (Å²) in [4.78, 5) is 37.6. The standard InChI is InChI=1S/C33H40N4O4/c1-24(38)36-18-16-28-12-13-29(37(28)21-26-7-6-17-34-20-26)23-35(22-27-8-4-5-9-30(27)36)33(39)15-11-25-10-14-31(40-2)32(19-25)41-3/h4-10,14,17,19-20,28-29H,11-13,15-16,18,21-23H2,1-3H3. The number of rotatable bonds is 7. The van der Waals surface area contributed by atoms with Gasteiger partial charge in [0.25, 0.3) is 0 Å². The van der Waals surface area contributed by atoms with Crippen molar-refractivity contribution in [2.45, 2.75) is 64.2 Å². The highest BCUT2D eigenvalue weighted by molar-refractivity contribution is 5.92. The van der Waals surface area contributed by atoms with Crippen LogP contribution in [0.1, 0.15) is 49.3 Å². The Balaban J connectivity index is 1.43. The number of methoxy groups -OCH3 is 2. The maximum atomic E-state index is 13.9. The molecule has 2 aliphatic heterocycles. The third kappa shape index (κ3) is 6.70. The fourth-order valence-corrected chi connectivity index (χ4v) is 6.28. The van der Waals surface area contributed by atoms with E-state index >= 15 is 0 Å². The fourth-order valence-electron chi connectivity index (χ4n) is 6.28. The van der Waals surface area contributed by atoms with Gasteiger partial charge in [0.05, 0.1) is 14.2 Å². The number of hydrogen-bond acceptors (Lipinski definition) is 6. The minimum atomic E-state index is 0.0244. The van der Waals surface area contributed by atoms with Crippen molar-refractivity contribution in [3.05, 3.63) is 83.7 Å². The molecule has 216 valence electrons. The highest BCUT2D eigenvalue weighted by Gasteiger charge is 2.36. The highest BCUT2D eigenvalue weighted by Crippen LogP contribution is 2.33. The lowest BCUT2D eigenvalue weighted by Crippen LogP contribution is -2.45. The summed E-state index contributed by atoms with van der Waals surface area (Å²) in [5, 5.41) is 0. The first-order valence-electron chi connectivity index (χ1n) is 14.5. The number of carbonyl (C=O) groups is 2. The molecule has 3 heterocycles. The van der Waals surface area contributed by atoms with Crippen LogP contribution >= 0.6 is 0 Å². The Bertz CT molecular complexity index is 1350. The summed E-state index contributed by atoms with van der Waals surface area (Å²) >= 11 is 0. The third-order valence-electron chi connectivity index (χ3n) is 8.43. The Kier molecular flexibility index (Phi) is 9.19. The molecular formula is C33H40N4O4. The van der Waals surface area contributed by atoms with Crippen LogP contribution in [-0.4, -0.2) is 66.0 Å². The van der Waals surface area contributed by atoms with Gasteiger partial charge in [0.1, 0.15) is 0 Å². The molecular weight excluding hydrogens is 516 g/mol. The van der Waals surface area contributed by atoms with E-state index in [4.69, 9.17) is 9.47 Å². The predicted molar refractivity (Wildman–Crippen MR) is 159 cm³/mol. The summed E-state index contributed by atoms with van der Waals surface area (Å²) in [5.41, 5.74) is 4.08. The molecule has 2 aromatic carbocycles. The number of aromatic nitrogens is 1. The Hall–Kier alpha value is -3.91. The summed E-state index contributed by atoms with van der Waals surface area (Å²) in [7, 11) is 3.24. The smallest absolute Gasteiger partial charge is 0.223 e. The third-order valence-corrected chi connectivity index (χ3v) is 8.43. The summed E-state index contributed by atoms with van der Waals surface area (Å²) in [6, 6.07) is 18.5. The average Bonchev–Trinajstić information content (AvgIpc) is 3.35. The second-order valence-electron chi connectivity index (χ2n) is 11.0. The van der Waals surface area contributed by atoms with Gasteiger partial charge < -0.3 is 19.3 Å². The van der Waals surface area contributed by atoms with Crippen LogP contribution in [0, 0.1) is 0 Å². The first-order valence-corrected chi connectivity index (χ1v) is 14.5. The predicted octanol–water partition coefficient (Wildman–Crippen LogP) is 4.85. The van der Waals surface area contributed by atoms with Crippen molar-refractivity contribution in [3.8, 4) is 11.5 Å². The molecule has 2 atom stereocenters. The molecule has 2 unspecified atom stereocenters. The lowest BCUT2D eigenvalue weighted by Gasteiger charge is -2.34. The van der Waals surface area contributed by atoms with Crippen LogP contribution in [0.2, 0.25) is 0 Å². The maximum Gasteiger partial charge on any atom is 0.223 e. The van der Waals surface area contributed by atoms with E-state index in [0.29, 0.717) is 50.0 Å². The summed E-state index contributed by atoms with van der Waals surface area (Å²) in [6.07, 6.45) is 7.66. The van der Waals surface area contributed by atoms with Crippen molar-refractivity contribution in [2.24, 2.45) is 0 Å². The fraction of sp³-hybridized carbons (Fsp3) is 0.424. The molecule has 1 fully saturated rings. The number of fused-ring (bicyclic) bond motifs is 3. The molecule has 1 saturated heterocycles. The number of nitrogens with zero attached hydrogens (tertiary/aromatic N) is 4. The number of carbonyl (C=O) groups excluding carboxylic acids is 2. The zero-order chi connectivity index (χ0) is 28.8. The molecule has 0 spiro atoms. The number of anilines is 1. The van der Waals surface area contributed by atoms with Gasteiger partial charge in [-0.1, -0.05) is 30.3 Å². The van der Waals surface area contributed by atoms with Gasteiger partial charge in [-0.3, -0.25) is 19.5 Å². The topological polar surface area (TPSA) is 75.2 Å². The molecule has 2 bridgehead atoms. The highest BCUT2D eigenvalue weighted by atomic mass is 16.5. The van der Waals surface area contributed by atoms with Crippen molar-refractivity contribution >= 4 is 17.5 Å². The van der Waals surface area contributed by atoms with Gasteiger partial charge >= 0.3 is 0 Å². The Morgan fingerprint density at radius 2 is 1.73 bits per heavy atom. The summed E-state index contributed by atoms with van der Waals surface area (Å²) < 4.78 is 10.8. The molecule has 2 aliphatic rings. The van der Waals surface area contributed by atoms with Crippen LogP contribution in [0.25, 0.3) is 0 Å². The largest absolute Gasteiger partial charge is 0.493 e. The van der Waals surface area contributed by atoms with Gasteiger partial charge in [0, 0.05) is 69.7 Å². The number of aryl methyl sites for hydroxylation is 1. The SMILES string of the molecule is COc1ccc(CCC(=O)N2Cc3ccccc3N(C(C)=O)CCC3CCC(C2)N3Cc2cccnc2)cc1OC. The minimum absolute atomic E-state index is 0.0244. The van der Waals surface area contributed by atoms with Crippen molar-refractivity contribution in [3.63, 3.8) is 0 Å². The molecule has 8 heteroatoms. The van der Waals surface area contributed by atoms with Crippen LogP contribution in [0.15, 0.2) is 67.0 Å². The molecule has 0 saturated carbocycles. The van der Waals surface area contributed by atoms with E-state index < -0.39 is 0 Å². The van der Waals surface area contributed by atoms with Crippen LogP contribution < -0.4 is 14.4 Å². The average molecular weight is 557 g/mol. The molecule has 8 nitrogen and oxygen atoms in total. The summed E-state index contributed by atoms with van der Waals surface area (Å²) in [5.74, 6) is 1.46. The zero-order valence-corrected chi connectivity index (χ0v) is 24.3. The van der Waals surface area contributed by atoms with E-state index in [0.717, 1.165) is 48.2 Å². The van der Waals surface area contributed by atoms with E-state index in [1.54, 1.807) is 27.3 Å². The number of amides is 2. The van der Waals surface area contributed by atoms with Gasteiger partial charge in [0.15, 0.2) is 11.5 Å². The molecule has 0 N–H and O–H groups in total. The second-order valence-corrected chi connectivity index (χ2v) is 11.0. The van der Waals surface area contributed by atoms with Crippen LogP contribution in [0.5, 0.6) is 11.5 Å². The number of ether oxygens (including phenoxy) is 2. The van der Waals surface area contributed by atoms with Gasteiger partial charge in [-0.2, -0.15) is 0 Å². The first kappa shape index (κ1) is 28.6. The zero-order valence-electron chi connectivity index (χ0n) is 24.3. The molecule has 5 rings (SSSR count). The van der Waals surface area contributed by atoms with E-state index in [2.05, 4.69) is 16.0 Å². The van der Waals surface area contributed by atoms with Gasteiger partial charge in [-0.05, 0) is 66.6 Å². The Morgan fingerprint density at radius 3 is 2.49 bits per heavy atom. The molecule has 1 aromatic heterocycles. The number of pyridine rings is 1. The minimum Gasteiger partial charge on any atom is -0.493 e. The van der Waals surface area contributed by atoms with E-state index in [9.17, 15) is 9.59 Å². The van der Waals surface area contributed by atoms with E-state index in [1.165, 1.54) is 0 Å². The van der Waals surface area contributed by atoms with Gasteiger partial charge in [-0.15, -0.1) is 0 Å². The summed E-state index contributed by atoms with van der Waals surface area (Å²) in [6.45, 7) is 4.18. The van der Waals surface area contributed by atoms with Crippen molar-refractivity contribution < 1.29 is 19.1 Å². The Labute approximate surface area is 242 Å². The van der Waals surface area contributed by atoms with Crippen molar-refractivity contribution in [1.82, 2.24) is 14.8 Å². The molecule has 0 radical (unpaired) electrons. The molecule has 3 aromatic rings. The first-order chi connectivity index (χ1) is 20.0. The molecule has 2 amide bonds. The number of para-hydroxylation sites is 1. The molecule has 41 heavy (non-hydrogen) atoms. The van der Waals surface area contributed by atoms with Crippen molar-refractivity contribution in [1.29, 1.82) is 0 Å². The van der Waals surface area contributed by atoms with Crippen molar-refractivity contribution in [2.75, 3.05) is 32.2 Å². The quantitative estimate of drug-likeness (QED) is 0.414. The van der Waals surface area contributed by atoms with E-state index in [-0.39, 0.29) is 17.9 Å². The maximum absolute atomic E-state index is 13.9. The lowest BCUT2D eigenvalue weighted by molar-refractivity contribution is -0.132. The van der Waals surface area contributed by atoms with Crippen LogP contribution in [0.4, 0.5) is 5.69 Å². The normalized spacial score (nSPS) is 19.3. The lowest BCUT2D eigenvalue weighted by atomic mass is 10.1. The monoisotopic (exact) mass is 556 g/mol. The van der Waals surface area contributed by atoms with Gasteiger partial charge in [-0.25, -0.2) is 0 Å². The van der Waals surface area contributed by atoms with Crippen LogP contribution in [-0.2, 0) is 29.1 Å². The molecule has 0 aliphatic carbocycles. The van der Waals surface area contributed by atoms with Gasteiger partial charge in [0.2, 0.25) is 11.8 Å². The van der Waals surface area contributed by atoms with E-state index in [1.807, 2.05) is 64.5 Å². The second kappa shape index (κ2) is 13.2. The number of hydrogen-bond donors (Lipinski definition) is 0. The Morgan fingerprint density at radius 1 is 0.927 bits per heavy atom. The number of benzene rings is 2. The van der Waals surface area contributed by atoms with Crippen LogP contribution in [0.3, 0.4) is 0 Å².